The Hall–Kier alpha value is -0.0800. The number of rotatable bonds is 10. The Balaban J connectivity index is 3.21. The van der Waals surface area contributed by atoms with Gasteiger partial charge in [0.25, 0.3) is 0 Å². The largest absolute Gasteiger partial charge is 0.379 e. The van der Waals surface area contributed by atoms with Crippen LogP contribution < -0.4 is 5.32 Å². The van der Waals surface area contributed by atoms with E-state index in [9.17, 15) is 0 Å². The molecular weight excluding hydrogens is 198 g/mol. The molecule has 0 aliphatic carbocycles. The highest BCUT2D eigenvalue weighted by molar-refractivity contribution is 4.57. The zero-order chi connectivity index (χ0) is 12.4. The molecule has 1 N–H and O–H groups in total. The van der Waals surface area contributed by atoms with Gasteiger partial charge in [0, 0.05) is 12.6 Å². The van der Waals surface area contributed by atoms with Gasteiger partial charge in [0.05, 0.1) is 6.10 Å². The first kappa shape index (κ1) is 15.9. The van der Waals surface area contributed by atoms with Crippen LogP contribution in [-0.2, 0) is 4.74 Å². The highest BCUT2D eigenvalue weighted by atomic mass is 16.5. The van der Waals surface area contributed by atoms with Crippen LogP contribution in [0.5, 0.6) is 0 Å². The Morgan fingerprint density at radius 3 is 2.19 bits per heavy atom. The average Bonchev–Trinajstić information content (AvgIpc) is 2.19. The number of ether oxygens (including phenoxy) is 1. The molecule has 0 aromatic rings. The fourth-order valence-electron chi connectivity index (χ4n) is 1.64. The second kappa shape index (κ2) is 10.1. The minimum atomic E-state index is 0.418. The number of nitrogens with one attached hydrogen (secondary N) is 1. The first-order valence-electron chi connectivity index (χ1n) is 6.87. The highest BCUT2D eigenvalue weighted by Gasteiger charge is 2.02. The van der Waals surface area contributed by atoms with Crippen LogP contribution in [0.1, 0.15) is 60.3 Å². The Morgan fingerprint density at radius 1 is 0.938 bits per heavy atom. The van der Waals surface area contributed by atoms with Gasteiger partial charge in [-0.3, -0.25) is 0 Å². The van der Waals surface area contributed by atoms with Crippen LogP contribution in [0.2, 0.25) is 0 Å². The Bertz CT molecular complexity index is 130. The topological polar surface area (TPSA) is 21.3 Å². The lowest BCUT2D eigenvalue weighted by molar-refractivity contribution is 0.0549. The van der Waals surface area contributed by atoms with E-state index in [1.54, 1.807) is 0 Å². The summed E-state index contributed by atoms with van der Waals surface area (Å²) >= 11 is 0. The van der Waals surface area contributed by atoms with Gasteiger partial charge >= 0.3 is 0 Å². The molecule has 0 heterocycles. The fraction of sp³-hybridized carbons (Fsp3) is 1.00. The van der Waals surface area contributed by atoms with Gasteiger partial charge in [-0.05, 0) is 45.1 Å². The van der Waals surface area contributed by atoms with Gasteiger partial charge in [0.2, 0.25) is 0 Å². The fourth-order valence-corrected chi connectivity index (χ4v) is 1.64. The summed E-state index contributed by atoms with van der Waals surface area (Å²) in [6.45, 7) is 13.1. The van der Waals surface area contributed by atoms with Crippen molar-refractivity contribution in [2.24, 2.45) is 5.92 Å². The molecule has 0 aromatic carbocycles. The van der Waals surface area contributed by atoms with Crippen LogP contribution in [0.4, 0.5) is 0 Å². The molecular formula is C14H31NO. The Kier molecular flexibility index (Phi) is 10.0. The van der Waals surface area contributed by atoms with Crippen molar-refractivity contribution >= 4 is 0 Å². The molecule has 2 nitrogen and oxygen atoms in total. The number of hydrogen-bond acceptors (Lipinski definition) is 2. The summed E-state index contributed by atoms with van der Waals surface area (Å²) in [4.78, 5) is 0. The summed E-state index contributed by atoms with van der Waals surface area (Å²) in [5.74, 6) is 0.800. The van der Waals surface area contributed by atoms with Crippen LogP contribution in [-0.4, -0.2) is 25.3 Å². The molecule has 98 valence electrons. The van der Waals surface area contributed by atoms with Crippen molar-refractivity contribution in [2.75, 3.05) is 13.2 Å². The van der Waals surface area contributed by atoms with Gasteiger partial charge in [-0.1, -0.05) is 27.7 Å². The maximum Gasteiger partial charge on any atom is 0.0547 e. The lowest BCUT2D eigenvalue weighted by Crippen LogP contribution is -2.24. The molecule has 1 unspecified atom stereocenters. The standard InChI is InChI=1S/C14H31NO/c1-12(2)8-7-11-16-14(5)9-6-10-15-13(3)4/h12-15H,6-11H2,1-5H3. The minimum absolute atomic E-state index is 0.418. The Morgan fingerprint density at radius 2 is 1.62 bits per heavy atom. The molecule has 0 saturated carbocycles. The van der Waals surface area contributed by atoms with E-state index < -0.39 is 0 Å². The van der Waals surface area contributed by atoms with Gasteiger partial charge in [-0.2, -0.15) is 0 Å². The number of hydrogen-bond donors (Lipinski definition) is 1. The molecule has 0 aliphatic heterocycles. The summed E-state index contributed by atoms with van der Waals surface area (Å²) < 4.78 is 5.77. The van der Waals surface area contributed by atoms with Crippen molar-refractivity contribution in [3.05, 3.63) is 0 Å². The summed E-state index contributed by atoms with van der Waals surface area (Å²) in [5.41, 5.74) is 0. The maximum absolute atomic E-state index is 5.77. The summed E-state index contributed by atoms with van der Waals surface area (Å²) in [5, 5.41) is 3.43. The normalized spacial score (nSPS) is 13.7. The molecule has 0 radical (unpaired) electrons. The third-order valence-corrected chi connectivity index (χ3v) is 2.67. The van der Waals surface area contributed by atoms with E-state index in [0.717, 1.165) is 19.1 Å². The van der Waals surface area contributed by atoms with Crippen molar-refractivity contribution in [2.45, 2.75) is 72.4 Å². The van der Waals surface area contributed by atoms with Crippen molar-refractivity contribution in [3.8, 4) is 0 Å². The van der Waals surface area contributed by atoms with Gasteiger partial charge in [0.15, 0.2) is 0 Å². The SMILES string of the molecule is CC(C)CCCOC(C)CCCNC(C)C. The average molecular weight is 229 g/mol. The van der Waals surface area contributed by atoms with E-state index >= 15 is 0 Å². The van der Waals surface area contributed by atoms with E-state index in [1.165, 1.54) is 25.7 Å². The molecule has 2 heteroatoms. The van der Waals surface area contributed by atoms with Crippen molar-refractivity contribution in [1.29, 1.82) is 0 Å². The molecule has 1 atom stereocenters. The van der Waals surface area contributed by atoms with Gasteiger partial charge < -0.3 is 10.1 Å². The van der Waals surface area contributed by atoms with Crippen molar-refractivity contribution < 1.29 is 4.74 Å². The first-order chi connectivity index (χ1) is 7.52. The lowest BCUT2D eigenvalue weighted by Gasteiger charge is -2.14. The highest BCUT2D eigenvalue weighted by Crippen LogP contribution is 2.06. The first-order valence-corrected chi connectivity index (χ1v) is 6.87. The molecule has 0 spiro atoms. The van der Waals surface area contributed by atoms with E-state index in [-0.39, 0.29) is 0 Å². The predicted octanol–water partition coefficient (Wildman–Crippen LogP) is 3.61. The molecule has 0 aromatic heterocycles. The van der Waals surface area contributed by atoms with Gasteiger partial charge in [-0.15, -0.1) is 0 Å². The monoisotopic (exact) mass is 229 g/mol. The van der Waals surface area contributed by atoms with Crippen LogP contribution in [0.25, 0.3) is 0 Å². The van der Waals surface area contributed by atoms with Gasteiger partial charge in [0.1, 0.15) is 0 Å². The van der Waals surface area contributed by atoms with Gasteiger partial charge in [-0.25, -0.2) is 0 Å². The molecule has 16 heavy (non-hydrogen) atoms. The molecule has 0 fully saturated rings. The third-order valence-electron chi connectivity index (χ3n) is 2.67. The Labute approximate surface area is 102 Å². The minimum Gasteiger partial charge on any atom is -0.379 e. The molecule has 0 bridgehead atoms. The maximum atomic E-state index is 5.77. The summed E-state index contributed by atoms with van der Waals surface area (Å²) in [6, 6.07) is 0.599. The predicted molar refractivity (Wildman–Crippen MR) is 71.9 cm³/mol. The van der Waals surface area contributed by atoms with E-state index in [4.69, 9.17) is 4.74 Å². The molecule has 0 amide bonds. The van der Waals surface area contributed by atoms with Crippen LogP contribution >= 0.6 is 0 Å². The lowest BCUT2D eigenvalue weighted by atomic mass is 10.1. The summed E-state index contributed by atoms with van der Waals surface area (Å²) in [6.07, 6.45) is 5.28. The molecule has 0 aliphatic rings. The third kappa shape index (κ3) is 12.0. The van der Waals surface area contributed by atoms with Crippen LogP contribution in [0.3, 0.4) is 0 Å². The van der Waals surface area contributed by atoms with Crippen LogP contribution in [0.15, 0.2) is 0 Å². The molecule has 0 saturated heterocycles. The van der Waals surface area contributed by atoms with Crippen molar-refractivity contribution in [3.63, 3.8) is 0 Å². The van der Waals surface area contributed by atoms with Crippen LogP contribution in [0, 0.1) is 5.92 Å². The quantitative estimate of drug-likeness (QED) is 0.578. The molecule has 0 rings (SSSR count). The summed E-state index contributed by atoms with van der Waals surface area (Å²) in [7, 11) is 0. The second-order valence-electron chi connectivity index (χ2n) is 5.47. The van der Waals surface area contributed by atoms with Crippen molar-refractivity contribution in [1.82, 2.24) is 5.32 Å². The van der Waals surface area contributed by atoms with E-state index in [0.29, 0.717) is 12.1 Å². The second-order valence-corrected chi connectivity index (χ2v) is 5.47. The van der Waals surface area contributed by atoms with E-state index in [2.05, 4.69) is 39.9 Å². The zero-order valence-corrected chi connectivity index (χ0v) is 11.9. The zero-order valence-electron chi connectivity index (χ0n) is 11.9. The van der Waals surface area contributed by atoms with E-state index in [1.807, 2.05) is 0 Å². The smallest absolute Gasteiger partial charge is 0.0547 e.